The van der Waals surface area contributed by atoms with Gasteiger partial charge in [0.25, 0.3) is 0 Å². The second-order valence-corrected chi connectivity index (χ2v) is 13.5. The van der Waals surface area contributed by atoms with Gasteiger partial charge in [0.2, 0.25) is 5.91 Å². The Bertz CT molecular complexity index is 1900. The van der Waals surface area contributed by atoms with Crippen molar-refractivity contribution in [3.63, 3.8) is 0 Å². The first kappa shape index (κ1) is 36.0. The molecule has 3 aromatic carbocycles. The minimum absolute atomic E-state index is 0.0866. The zero-order chi connectivity index (χ0) is 36.3. The molecule has 266 valence electrons. The van der Waals surface area contributed by atoms with Gasteiger partial charge in [-0.05, 0) is 92.1 Å². The van der Waals surface area contributed by atoms with Gasteiger partial charge in [0.15, 0.2) is 23.2 Å². The number of fused-ring (bicyclic) bond motifs is 1. The summed E-state index contributed by atoms with van der Waals surface area (Å²) >= 11 is 0. The maximum Gasteiger partial charge on any atom is 0.416 e. The molecule has 2 aliphatic rings. The summed E-state index contributed by atoms with van der Waals surface area (Å²) in [6, 6.07) is 19.9. The molecule has 0 saturated carbocycles. The fraction of sp³-hybridized carbons (Fsp3) is 0.350. The summed E-state index contributed by atoms with van der Waals surface area (Å²) in [7, 11) is 0. The Balaban J connectivity index is 1.25. The van der Waals surface area contributed by atoms with Crippen LogP contribution in [-0.2, 0) is 23.9 Å². The van der Waals surface area contributed by atoms with Crippen molar-refractivity contribution < 1.29 is 31.5 Å². The molecule has 2 aliphatic heterocycles. The van der Waals surface area contributed by atoms with E-state index in [2.05, 4.69) is 28.7 Å². The van der Waals surface area contributed by atoms with Crippen LogP contribution in [0.1, 0.15) is 66.6 Å². The molecule has 4 aromatic rings. The number of amides is 1. The van der Waals surface area contributed by atoms with Gasteiger partial charge in [-0.15, -0.1) is 0 Å². The van der Waals surface area contributed by atoms with Crippen molar-refractivity contribution in [1.29, 1.82) is 0 Å². The lowest BCUT2D eigenvalue weighted by atomic mass is 9.84. The molecule has 1 amide bonds. The molecule has 11 heteroatoms. The van der Waals surface area contributed by atoms with Gasteiger partial charge in [-0.2, -0.15) is 13.2 Å². The van der Waals surface area contributed by atoms with Crippen molar-refractivity contribution in [1.82, 2.24) is 14.8 Å². The Kier molecular flexibility index (Phi) is 10.8. The average molecular weight is 703 g/mol. The first-order chi connectivity index (χ1) is 24.4. The molecule has 0 spiro atoms. The summed E-state index contributed by atoms with van der Waals surface area (Å²) in [5.41, 5.74) is 2.37. The molecule has 1 fully saturated rings. The van der Waals surface area contributed by atoms with Crippen LogP contribution in [0.4, 0.5) is 27.8 Å². The summed E-state index contributed by atoms with van der Waals surface area (Å²) in [6.45, 7) is 6.18. The number of hydrogen-bond donors (Lipinski definition) is 0. The normalized spacial score (nSPS) is 17.0. The number of alkyl halides is 3. The number of aliphatic imine (C=N–C) groups is 1. The van der Waals surface area contributed by atoms with Crippen molar-refractivity contribution in [2.24, 2.45) is 10.9 Å². The van der Waals surface area contributed by atoms with E-state index >= 15 is 0 Å². The molecule has 1 aromatic heterocycles. The van der Waals surface area contributed by atoms with Crippen LogP contribution in [0.5, 0.6) is 0 Å². The van der Waals surface area contributed by atoms with Crippen molar-refractivity contribution in [3.05, 3.63) is 119 Å². The standard InChI is InChI=1S/C40H39F5N4O2/c1-25(2)48-21-18-31(19-22-48)49(24-26-8-10-27(11-9-26)28-12-15-30(16-13-28)40(43,44)45)36(50)23-33-35(17-14-29-5-3-7-34(41)37(29)42)47-39-32(38(33)51)6-4-20-46-39/h3-13,15-16,20,25,31,33H,14,17-19,21-24H2,1-2H3. The second-order valence-electron chi connectivity index (χ2n) is 13.5. The van der Waals surface area contributed by atoms with Crippen molar-refractivity contribution in [3.8, 4) is 11.1 Å². The Labute approximate surface area is 294 Å². The van der Waals surface area contributed by atoms with Crippen LogP contribution in [0.2, 0.25) is 0 Å². The third kappa shape index (κ3) is 8.25. The van der Waals surface area contributed by atoms with Crippen molar-refractivity contribution in [2.75, 3.05) is 13.1 Å². The predicted molar refractivity (Wildman–Crippen MR) is 186 cm³/mol. The second kappa shape index (κ2) is 15.2. The number of Topliss-reactive ketones (excluding diaryl/α,β-unsaturated/α-hetero) is 1. The van der Waals surface area contributed by atoms with Gasteiger partial charge in [0.1, 0.15) is 0 Å². The summed E-state index contributed by atoms with van der Waals surface area (Å²) in [4.78, 5) is 41.4. The van der Waals surface area contributed by atoms with Gasteiger partial charge in [-0.1, -0.05) is 48.5 Å². The van der Waals surface area contributed by atoms with E-state index in [4.69, 9.17) is 0 Å². The summed E-state index contributed by atoms with van der Waals surface area (Å²) < 4.78 is 67.8. The molecule has 1 unspecified atom stereocenters. The number of aromatic nitrogens is 1. The van der Waals surface area contributed by atoms with Gasteiger partial charge >= 0.3 is 6.18 Å². The van der Waals surface area contributed by atoms with E-state index in [0.717, 1.165) is 55.3 Å². The number of halogens is 5. The van der Waals surface area contributed by atoms with Crippen molar-refractivity contribution >= 4 is 23.2 Å². The molecule has 1 atom stereocenters. The number of carbonyl (C=O) groups is 2. The number of aryl methyl sites for hydroxylation is 1. The smallest absolute Gasteiger partial charge is 0.335 e. The fourth-order valence-corrected chi connectivity index (χ4v) is 6.95. The third-order valence-electron chi connectivity index (χ3n) is 9.92. The van der Waals surface area contributed by atoms with E-state index < -0.39 is 29.3 Å². The molecule has 0 bridgehead atoms. The van der Waals surface area contributed by atoms with Crippen LogP contribution in [0.15, 0.2) is 90.1 Å². The quantitative estimate of drug-likeness (QED) is 0.155. The maximum absolute atomic E-state index is 14.6. The monoisotopic (exact) mass is 702 g/mol. The van der Waals surface area contributed by atoms with Crippen molar-refractivity contribution in [2.45, 2.75) is 70.8 Å². The third-order valence-corrected chi connectivity index (χ3v) is 9.92. The average Bonchev–Trinajstić information content (AvgIpc) is 3.12. The zero-order valence-corrected chi connectivity index (χ0v) is 28.5. The number of hydrogen-bond acceptors (Lipinski definition) is 5. The molecule has 6 nitrogen and oxygen atoms in total. The lowest BCUT2D eigenvalue weighted by Crippen LogP contribution is -2.49. The summed E-state index contributed by atoms with van der Waals surface area (Å²) in [5.74, 6) is -3.07. The molecular formula is C40H39F5N4O2. The number of rotatable bonds is 10. The number of carbonyl (C=O) groups excluding carboxylic acids is 2. The number of benzene rings is 3. The van der Waals surface area contributed by atoms with Gasteiger partial charge in [-0.3, -0.25) is 9.59 Å². The Morgan fingerprint density at radius 3 is 2.22 bits per heavy atom. The van der Waals surface area contributed by atoms with Crippen LogP contribution in [0, 0.1) is 17.6 Å². The largest absolute Gasteiger partial charge is 0.416 e. The molecule has 51 heavy (non-hydrogen) atoms. The lowest BCUT2D eigenvalue weighted by Gasteiger charge is -2.40. The van der Waals surface area contributed by atoms with Crippen LogP contribution in [0.25, 0.3) is 11.1 Å². The molecule has 1 saturated heterocycles. The predicted octanol–water partition coefficient (Wildman–Crippen LogP) is 8.86. The highest BCUT2D eigenvalue weighted by Gasteiger charge is 2.37. The van der Waals surface area contributed by atoms with E-state index in [1.807, 2.05) is 29.2 Å². The molecule has 0 radical (unpaired) electrons. The molecular weight excluding hydrogens is 663 g/mol. The molecule has 0 N–H and O–H groups in total. The minimum atomic E-state index is -4.42. The number of piperidine rings is 1. The van der Waals surface area contributed by atoms with E-state index in [9.17, 15) is 31.5 Å². The minimum Gasteiger partial charge on any atom is -0.335 e. The van der Waals surface area contributed by atoms with Gasteiger partial charge in [0.05, 0.1) is 17.0 Å². The van der Waals surface area contributed by atoms with E-state index in [1.54, 1.807) is 12.1 Å². The van der Waals surface area contributed by atoms with Crippen LogP contribution < -0.4 is 0 Å². The van der Waals surface area contributed by atoms with Gasteiger partial charge in [-0.25, -0.2) is 18.8 Å². The zero-order valence-electron chi connectivity index (χ0n) is 28.5. The van der Waals surface area contributed by atoms with Gasteiger partial charge < -0.3 is 9.80 Å². The lowest BCUT2D eigenvalue weighted by molar-refractivity contribution is -0.137. The summed E-state index contributed by atoms with van der Waals surface area (Å²) in [5, 5.41) is 0. The maximum atomic E-state index is 14.6. The van der Waals surface area contributed by atoms with Crippen LogP contribution in [-0.4, -0.2) is 57.4 Å². The Morgan fingerprint density at radius 2 is 1.57 bits per heavy atom. The highest BCUT2D eigenvalue weighted by molar-refractivity contribution is 6.18. The highest BCUT2D eigenvalue weighted by atomic mass is 19.4. The van der Waals surface area contributed by atoms with E-state index in [1.165, 1.54) is 30.5 Å². The molecule has 3 heterocycles. The number of ketones is 1. The van der Waals surface area contributed by atoms with Gasteiger partial charge in [0, 0.05) is 50.0 Å². The number of pyridine rings is 1. The SMILES string of the molecule is CC(C)N1CCC(N(Cc2ccc(-c3ccc(C(F)(F)F)cc3)cc2)C(=O)CC2C(=O)c3cccnc3N=C2CCc2cccc(F)c2F)CC1. The number of nitrogens with zero attached hydrogens (tertiary/aromatic N) is 4. The Hall–Kier alpha value is -4.77. The first-order valence-electron chi connectivity index (χ1n) is 17.2. The van der Waals surface area contributed by atoms with Crippen LogP contribution in [0.3, 0.4) is 0 Å². The van der Waals surface area contributed by atoms with E-state index in [0.29, 0.717) is 22.9 Å². The highest BCUT2D eigenvalue weighted by Crippen LogP contribution is 2.33. The Morgan fingerprint density at radius 1 is 0.902 bits per heavy atom. The fourth-order valence-electron chi connectivity index (χ4n) is 6.95. The first-order valence-corrected chi connectivity index (χ1v) is 17.2. The topological polar surface area (TPSA) is 65.9 Å². The van der Waals surface area contributed by atoms with E-state index in [-0.39, 0.29) is 54.9 Å². The molecule has 6 rings (SSSR count). The van der Waals surface area contributed by atoms with Crippen LogP contribution >= 0.6 is 0 Å². The molecule has 0 aliphatic carbocycles. The summed E-state index contributed by atoms with van der Waals surface area (Å²) in [6.07, 6.45) is -1.32. The number of likely N-dealkylation sites (tertiary alicyclic amines) is 1.